The van der Waals surface area contributed by atoms with Crippen molar-refractivity contribution in [3.8, 4) is 11.1 Å². The molecule has 0 spiro atoms. The zero-order valence-electron chi connectivity index (χ0n) is 15.5. The number of aromatic nitrogens is 5. The molecule has 3 aromatic heterocycles. The summed E-state index contributed by atoms with van der Waals surface area (Å²) in [5, 5.41) is 12.1. The molecule has 3 heterocycles. The van der Waals surface area contributed by atoms with Crippen LogP contribution in [0.15, 0.2) is 45.7 Å². The molecule has 0 amide bonds. The summed E-state index contributed by atoms with van der Waals surface area (Å²) >= 11 is 3.08. The highest BCUT2D eigenvalue weighted by molar-refractivity contribution is 7.99. The summed E-state index contributed by atoms with van der Waals surface area (Å²) in [6.07, 6.45) is 2.39. The normalized spacial score (nSPS) is 15.2. The van der Waals surface area contributed by atoms with E-state index in [-0.39, 0.29) is 10.8 Å². The largest absolute Gasteiger partial charge is 0.309 e. The summed E-state index contributed by atoms with van der Waals surface area (Å²) in [7, 11) is 2.01. The van der Waals surface area contributed by atoms with Gasteiger partial charge in [0.15, 0.2) is 5.16 Å². The first-order valence-electron chi connectivity index (χ1n) is 9.24. The van der Waals surface area contributed by atoms with E-state index in [1.165, 1.54) is 24.2 Å². The van der Waals surface area contributed by atoms with Crippen LogP contribution in [-0.4, -0.2) is 24.7 Å². The number of hydrogen-bond acceptors (Lipinski definition) is 6. The van der Waals surface area contributed by atoms with Crippen LogP contribution in [0.3, 0.4) is 0 Å². The molecule has 1 aromatic carbocycles. The number of hydrogen-bond donors (Lipinski definition) is 1. The van der Waals surface area contributed by atoms with E-state index in [0.29, 0.717) is 17.1 Å². The molecule has 28 heavy (non-hydrogen) atoms. The molecule has 0 aliphatic heterocycles. The molecule has 142 valence electrons. The number of H-pyrrole nitrogens is 1. The number of benzene rings is 1. The van der Waals surface area contributed by atoms with Crippen molar-refractivity contribution in [3.63, 3.8) is 0 Å². The van der Waals surface area contributed by atoms with Gasteiger partial charge in [-0.3, -0.25) is 4.79 Å². The monoisotopic (exact) mass is 409 g/mol. The quantitative estimate of drug-likeness (QED) is 0.491. The van der Waals surface area contributed by atoms with Gasteiger partial charge in [-0.15, -0.1) is 21.5 Å². The summed E-state index contributed by atoms with van der Waals surface area (Å²) in [6, 6.07) is 9.95. The van der Waals surface area contributed by atoms with Crippen molar-refractivity contribution >= 4 is 33.3 Å². The van der Waals surface area contributed by atoms with Crippen LogP contribution in [0, 0.1) is 0 Å². The third-order valence-electron chi connectivity index (χ3n) is 5.03. The molecule has 0 saturated heterocycles. The summed E-state index contributed by atoms with van der Waals surface area (Å²) in [5.41, 5.74) is 1.87. The van der Waals surface area contributed by atoms with Crippen LogP contribution in [0.4, 0.5) is 0 Å². The van der Waals surface area contributed by atoms with Crippen molar-refractivity contribution in [2.24, 2.45) is 7.05 Å². The van der Waals surface area contributed by atoms with Crippen LogP contribution >= 0.6 is 23.1 Å². The summed E-state index contributed by atoms with van der Waals surface area (Å²) < 4.78 is 2.06. The van der Waals surface area contributed by atoms with Gasteiger partial charge in [-0.05, 0) is 25.3 Å². The molecule has 8 heteroatoms. The van der Waals surface area contributed by atoms with Gasteiger partial charge in [-0.25, -0.2) is 4.98 Å². The van der Waals surface area contributed by atoms with Crippen LogP contribution in [0.25, 0.3) is 21.3 Å². The lowest BCUT2D eigenvalue weighted by atomic mass is 10.1. The van der Waals surface area contributed by atoms with Crippen molar-refractivity contribution in [1.29, 1.82) is 0 Å². The summed E-state index contributed by atoms with van der Waals surface area (Å²) in [6.45, 7) is 2.03. The maximum atomic E-state index is 12.8. The first-order valence-corrected chi connectivity index (χ1v) is 11.0. The third-order valence-corrected chi connectivity index (χ3v) is 7.04. The second kappa shape index (κ2) is 6.86. The maximum Gasteiger partial charge on any atom is 0.260 e. The van der Waals surface area contributed by atoms with Crippen molar-refractivity contribution in [2.45, 2.75) is 36.1 Å². The predicted molar refractivity (Wildman–Crippen MR) is 113 cm³/mol. The molecule has 1 saturated carbocycles. The van der Waals surface area contributed by atoms with Gasteiger partial charge in [-0.2, -0.15) is 0 Å². The molecule has 1 aliphatic carbocycles. The minimum atomic E-state index is -0.0933. The van der Waals surface area contributed by atoms with E-state index in [2.05, 4.69) is 19.7 Å². The molecule has 1 N–H and O–H groups in total. The highest BCUT2D eigenvalue weighted by Crippen LogP contribution is 2.41. The Bertz CT molecular complexity index is 1210. The van der Waals surface area contributed by atoms with Crippen LogP contribution in [0.5, 0.6) is 0 Å². The molecule has 6 nitrogen and oxygen atoms in total. The number of thiophene rings is 1. The number of nitrogens with one attached hydrogen (secondary N) is 1. The molecule has 1 atom stereocenters. The molecule has 5 rings (SSSR count). The van der Waals surface area contributed by atoms with E-state index in [1.807, 2.05) is 49.7 Å². The summed E-state index contributed by atoms with van der Waals surface area (Å²) in [5.74, 6) is 2.27. The highest BCUT2D eigenvalue weighted by Gasteiger charge is 2.30. The lowest BCUT2D eigenvalue weighted by Gasteiger charge is -2.10. The number of thioether (sulfide) groups is 1. The fourth-order valence-corrected chi connectivity index (χ4v) is 5.16. The third kappa shape index (κ3) is 3.06. The second-order valence-corrected chi connectivity index (χ2v) is 9.25. The number of aromatic amines is 1. The minimum absolute atomic E-state index is 0.0330. The van der Waals surface area contributed by atoms with Gasteiger partial charge in [0.2, 0.25) is 0 Å². The maximum absolute atomic E-state index is 12.8. The van der Waals surface area contributed by atoms with E-state index >= 15 is 0 Å². The molecular formula is C20H19N5OS2. The van der Waals surface area contributed by atoms with Gasteiger partial charge in [0.05, 0.1) is 10.6 Å². The zero-order valence-corrected chi connectivity index (χ0v) is 17.2. The van der Waals surface area contributed by atoms with Crippen LogP contribution < -0.4 is 5.56 Å². The van der Waals surface area contributed by atoms with Gasteiger partial charge in [-0.1, -0.05) is 42.1 Å². The van der Waals surface area contributed by atoms with Crippen molar-refractivity contribution in [3.05, 3.63) is 57.7 Å². The van der Waals surface area contributed by atoms with Gasteiger partial charge in [0.1, 0.15) is 16.5 Å². The van der Waals surface area contributed by atoms with Gasteiger partial charge >= 0.3 is 0 Å². The number of nitrogens with zero attached hydrogens (tertiary/aromatic N) is 4. The average Bonchev–Trinajstić information content (AvgIpc) is 3.35. The Morgan fingerprint density at radius 2 is 2.04 bits per heavy atom. The van der Waals surface area contributed by atoms with Crippen molar-refractivity contribution in [2.75, 3.05) is 0 Å². The number of rotatable bonds is 5. The average molecular weight is 410 g/mol. The fraction of sp³-hybridized carbons (Fsp3) is 0.300. The smallest absolute Gasteiger partial charge is 0.260 e. The molecule has 0 radical (unpaired) electrons. The topological polar surface area (TPSA) is 76.5 Å². The molecule has 0 bridgehead atoms. The number of fused-ring (bicyclic) bond motifs is 1. The van der Waals surface area contributed by atoms with Crippen LogP contribution in [0.1, 0.15) is 42.6 Å². The SMILES string of the molecule is CC(Sc1nnc(C2CC2)n1C)c1nc2scc(-c3ccccc3)c2c(=O)[nH]1. The Morgan fingerprint density at radius 1 is 1.25 bits per heavy atom. The first kappa shape index (κ1) is 17.6. The minimum Gasteiger partial charge on any atom is -0.309 e. The molecular weight excluding hydrogens is 390 g/mol. The Hall–Kier alpha value is -2.45. The predicted octanol–water partition coefficient (Wildman–Crippen LogP) is 4.51. The molecule has 4 aromatic rings. The Morgan fingerprint density at radius 3 is 2.79 bits per heavy atom. The van der Waals surface area contributed by atoms with Gasteiger partial charge in [0, 0.05) is 23.9 Å². The molecule has 1 aliphatic rings. The van der Waals surface area contributed by atoms with Crippen molar-refractivity contribution in [1.82, 2.24) is 24.7 Å². The second-order valence-electron chi connectivity index (χ2n) is 7.08. The van der Waals surface area contributed by atoms with E-state index in [9.17, 15) is 4.79 Å². The standard InChI is InChI=1S/C20H19N5OS2/c1-11(28-20-24-23-17(25(20)2)13-8-9-13)16-21-18(26)15-14(10-27-19(15)22-16)12-6-4-3-5-7-12/h3-7,10-11,13H,8-9H2,1-2H3,(H,21,22,26). The van der Waals surface area contributed by atoms with Crippen molar-refractivity contribution < 1.29 is 0 Å². The fourth-order valence-electron chi connectivity index (χ4n) is 3.33. The van der Waals surface area contributed by atoms with E-state index in [0.717, 1.165) is 26.9 Å². The molecule has 1 unspecified atom stereocenters. The Kier molecular flexibility index (Phi) is 4.32. The summed E-state index contributed by atoms with van der Waals surface area (Å²) in [4.78, 5) is 21.4. The lowest BCUT2D eigenvalue weighted by Crippen LogP contribution is -2.12. The van der Waals surface area contributed by atoms with E-state index in [1.54, 1.807) is 11.8 Å². The zero-order chi connectivity index (χ0) is 19.3. The highest BCUT2D eigenvalue weighted by atomic mass is 32.2. The Balaban J connectivity index is 1.47. The van der Waals surface area contributed by atoms with Crippen LogP contribution in [-0.2, 0) is 7.05 Å². The van der Waals surface area contributed by atoms with Crippen LogP contribution in [0.2, 0.25) is 0 Å². The van der Waals surface area contributed by atoms with E-state index in [4.69, 9.17) is 4.98 Å². The lowest BCUT2D eigenvalue weighted by molar-refractivity contribution is 0.733. The van der Waals surface area contributed by atoms with E-state index < -0.39 is 0 Å². The molecule has 1 fully saturated rings. The van der Waals surface area contributed by atoms with Gasteiger partial charge < -0.3 is 9.55 Å². The Labute approximate surface area is 170 Å². The van der Waals surface area contributed by atoms with Gasteiger partial charge in [0.25, 0.3) is 5.56 Å². The first-order chi connectivity index (χ1) is 13.6.